The largest absolute Gasteiger partial charge is 0.477 e. The number of hydrogen-bond acceptors (Lipinski definition) is 2. The number of aromatic nitrogens is 2. The van der Waals surface area contributed by atoms with Crippen molar-refractivity contribution >= 4 is 5.97 Å². The Morgan fingerprint density at radius 2 is 2.38 bits per heavy atom. The average Bonchev–Trinajstić information content (AvgIpc) is 2.31. The van der Waals surface area contributed by atoms with Crippen molar-refractivity contribution in [1.29, 1.82) is 0 Å². The fourth-order valence-electron chi connectivity index (χ4n) is 1.03. The van der Waals surface area contributed by atoms with Gasteiger partial charge in [0, 0.05) is 0 Å². The van der Waals surface area contributed by atoms with E-state index in [1.165, 1.54) is 30.9 Å². The Hall–Kier alpha value is -1.39. The van der Waals surface area contributed by atoms with Gasteiger partial charge in [-0.1, -0.05) is 0 Å². The lowest BCUT2D eigenvalue weighted by Gasteiger charge is -2.15. The van der Waals surface area contributed by atoms with Gasteiger partial charge in [0.2, 0.25) is 0 Å². The van der Waals surface area contributed by atoms with Gasteiger partial charge in [-0.05, 0) is 13.8 Å². The van der Waals surface area contributed by atoms with Gasteiger partial charge in [0.15, 0.2) is 0 Å². The SMILES string of the molecule is CC(C)(F)Cn1cncc1C(=O)O. The van der Waals surface area contributed by atoms with Crippen molar-refractivity contribution in [3.8, 4) is 0 Å². The standard InChI is InChI=1S/C8H11FN2O2/c1-8(2,9)4-11-5-10-3-6(11)7(12)13/h3,5H,4H2,1-2H3,(H,12,13). The Bertz CT molecular complexity index is 314. The number of halogens is 1. The minimum absolute atomic E-state index is 0.00530. The minimum Gasteiger partial charge on any atom is -0.477 e. The molecule has 0 saturated carbocycles. The first-order valence-electron chi connectivity index (χ1n) is 3.82. The molecule has 0 saturated heterocycles. The van der Waals surface area contributed by atoms with Crippen LogP contribution in [0.3, 0.4) is 0 Å². The molecule has 0 aliphatic heterocycles. The molecule has 0 atom stereocenters. The molecule has 0 aliphatic carbocycles. The van der Waals surface area contributed by atoms with Crippen LogP contribution in [-0.2, 0) is 6.54 Å². The zero-order valence-electron chi connectivity index (χ0n) is 7.49. The third kappa shape index (κ3) is 2.54. The molecule has 1 N–H and O–H groups in total. The molecule has 0 unspecified atom stereocenters. The van der Waals surface area contributed by atoms with Crippen LogP contribution in [-0.4, -0.2) is 26.3 Å². The molecule has 0 bridgehead atoms. The average molecular weight is 186 g/mol. The molecule has 1 rings (SSSR count). The molecule has 72 valence electrons. The van der Waals surface area contributed by atoms with Gasteiger partial charge in [-0.2, -0.15) is 0 Å². The van der Waals surface area contributed by atoms with Crippen LogP contribution in [0.15, 0.2) is 12.5 Å². The highest BCUT2D eigenvalue weighted by atomic mass is 19.1. The van der Waals surface area contributed by atoms with E-state index in [0.717, 1.165) is 0 Å². The van der Waals surface area contributed by atoms with E-state index < -0.39 is 11.6 Å². The molecule has 0 amide bonds. The topological polar surface area (TPSA) is 55.1 Å². The van der Waals surface area contributed by atoms with E-state index in [9.17, 15) is 9.18 Å². The summed E-state index contributed by atoms with van der Waals surface area (Å²) >= 11 is 0. The van der Waals surface area contributed by atoms with E-state index in [2.05, 4.69) is 4.98 Å². The summed E-state index contributed by atoms with van der Waals surface area (Å²) in [6, 6.07) is 0. The highest BCUT2D eigenvalue weighted by molar-refractivity contribution is 5.85. The highest BCUT2D eigenvalue weighted by Crippen LogP contribution is 2.13. The predicted octanol–water partition coefficient (Wildman–Crippen LogP) is 1.33. The monoisotopic (exact) mass is 186 g/mol. The van der Waals surface area contributed by atoms with Gasteiger partial charge in [-0.3, -0.25) is 0 Å². The van der Waals surface area contributed by atoms with Gasteiger partial charge in [-0.25, -0.2) is 14.2 Å². The molecule has 0 fully saturated rings. The van der Waals surface area contributed by atoms with Gasteiger partial charge < -0.3 is 9.67 Å². The van der Waals surface area contributed by atoms with E-state index >= 15 is 0 Å². The zero-order chi connectivity index (χ0) is 10.1. The molecule has 4 nitrogen and oxygen atoms in total. The fourth-order valence-corrected chi connectivity index (χ4v) is 1.03. The number of carbonyl (C=O) groups is 1. The molecule has 1 heterocycles. The van der Waals surface area contributed by atoms with E-state index in [1.807, 2.05) is 0 Å². The summed E-state index contributed by atoms with van der Waals surface area (Å²) in [6.45, 7) is 2.77. The number of rotatable bonds is 3. The van der Waals surface area contributed by atoms with E-state index in [-0.39, 0.29) is 12.2 Å². The van der Waals surface area contributed by atoms with Crippen LogP contribution in [0.5, 0.6) is 0 Å². The summed E-state index contributed by atoms with van der Waals surface area (Å²) in [5, 5.41) is 8.67. The van der Waals surface area contributed by atoms with E-state index in [1.54, 1.807) is 0 Å². The third-order valence-corrected chi connectivity index (χ3v) is 1.48. The molecule has 0 spiro atoms. The number of alkyl halides is 1. The molecular weight excluding hydrogens is 175 g/mol. The predicted molar refractivity (Wildman–Crippen MR) is 44.4 cm³/mol. The Morgan fingerprint density at radius 1 is 1.77 bits per heavy atom. The summed E-state index contributed by atoms with van der Waals surface area (Å²) in [7, 11) is 0. The lowest BCUT2D eigenvalue weighted by molar-refractivity contribution is 0.0680. The second-order valence-corrected chi connectivity index (χ2v) is 3.43. The second-order valence-electron chi connectivity index (χ2n) is 3.43. The number of carboxylic acids is 1. The summed E-state index contributed by atoms with van der Waals surface area (Å²) in [5.74, 6) is -1.10. The molecule has 0 aromatic carbocycles. The number of carboxylic acid groups (broad SMARTS) is 1. The summed E-state index contributed by atoms with van der Waals surface area (Å²) in [6.07, 6.45) is 2.51. The van der Waals surface area contributed by atoms with Gasteiger partial charge in [-0.15, -0.1) is 0 Å². The molecule has 1 aromatic heterocycles. The second kappa shape index (κ2) is 3.16. The van der Waals surface area contributed by atoms with Gasteiger partial charge >= 0.3 is 5.97 Å². The van der Waals surface area contributed by atoms with Crippen LogP contribution < -0.4 is 0 Å². The first kappa shape index (κ1) is 9.70. The number of imidazole rings is 1. The Kier molecular flexibility index (Phi) is 2.36. The first-order valence-corrected chi connectivity index (χ1v) is 3.82. The maximum Gasteiger partial charge on any atom is 0.354 e. The van der Waals surface area contributed by atoms with Gasteiger partial charge in [0.05, 0.1) is 19.1 Å². The lowest BCUT2D eigenvalue weighted by Crippen LogP contribution is -2.22. The molecule has 13 heavy (non-hydrogen) atoms. The van der Waals surface area contributed by atoms with Crippen molar-refractivity contribution < 1.29 is 14.3 Å². The number of hydrogen-bond donors (Lipinski definition) is 1. The minimum atomic E-state index is -1.44. The molecule has 5 heteroatoms. The maximum absolute atomic E-state index is 13.2. The molecule has 1 aromatic rings. The van der Waals surface area contributed by atoms with Crippen molar-refractivity contribution in [1.82, 2.24) is 9.55 Å². The summed E-state index contributed by atoms with van der Waals surface area (Å²) in [4.78, 5) is 14.2. The van der Waals surface area contributed by atoms with Crippen LogP contribution in [0.25, 0.3) is 0 Å². The summed E-state index contributed by atoms with van der Waals surface area (Å²) < 4.78 is 14.4. The maximum atomic E-state index is 13.2. The molecule has 0 radical (unpaired) electrons. The van der Waals surface area contributed by atoms with Crippen molar-refractivity contribution in [3.63, 3.8) is 0 Å². The zero-order valence-corrected chi connectivity index (χ0v) is 7.49. The van der Waals surface area contributed by atoms with Crippen molar-refractivity contribution in [2.24, 2.45) is 0 Å². The highest BCUT2D eigenvalue weighted by Gasteiger charge is 2.19. The normalized spacial score (nSPS) is 11.6. The van der Waals surface area contributed by atoms with E-state index in [4.69, 9.17) is 5.11 Å². The number of aromatic carboxylic acids is 1. The summed E-state index contributed by atoms with van der Waals surface area (Å²) in [5.41, 5.74) is -1.43. The van der Waals surface area contributed by atoms with Crippen molar-refractivity contribution in [2.45, 2.75) is 26.1 Å². The van der Waals surface area contributed by atoms with Crippen molar-refractivity contribution in [3.05, 3.63) is 18.2 Å². The quantitative estimate of drug-likeness (QED) is 0.774. The Labute approximate surface area is 75.0 Å². The fraction of sp³-hybridized carbons (Fsp3) is 0.500. The van der Waals surface area contributed by atoms with Crippen LogP contribution in [0.2, 0.25) is 0 Å². The van der Waals surface area contributed by atoms with E-state index in [0.29, 0.717) is 0 Å². The smallest absolute Gasteiger partial charge is 0.354 e. The third-order valence-electron chi connectivity index (χ3n) is 1.48. The van der Waals surface area contributed by atoms with Crippen LogP contribution in [0.4, 0.5) is 4.39 Å². The van der Waals surface area contributed by atoms with Crippen LogP contribution in [0.1, 0.15) is 24.3 Å². The van der Waals surface area contributed by atoms with Crippen LogP contribution in [0, 0.1) is 0 Å². The van der Waals surface area contributed by atoms with Gasteiger partial charge in [0.1, 0.15) is 11.4 Å². The van der Waals surface area contributed by atoms with Gasteiger partial charge in [0.25, 0.3) is 0 Å². The molecule has 0 aliphatic rings. The Morgan fingerprint density at radius 3 is 2.85 bits per heavy atom. The Balaban J connectivity index is 2.89. The lowest BCUT2D eigenvalue weighted by atomic mass is 10.2. The molecular formula is C8H11FN2O2. The van der Waals surface area contributed by atoms with Crippen molar-refractivity contribution in [2.75, 3.05) is 0 Å². The van der Waals surface area contributed by atoms with Crippen LogP contribution >= 0.6 is 0 Å². The first-order chi connectivity index (χ1) is 5.90. The number of nitrogens with zero attached hydrogens (tertiary/aromatic N) is 2.